The molecule has 0 aliphatic heterocycles. The number of rotatable bonds is 13. The van der Waals surface area contributed by atoms with Gasteiger partial charge in [-0.25, -0.2) is 4.79 Å². The molecule has 0 aliphatic rings. The summed E-state index contributed by atoms with van der Waals surface area (Å²) in [5.41, 5.74) is 0. The normalized spacial score (nSPS) is 10.4. The van der Waals surface area contributed by atoms with Gasteiger partial charge in [0.25, 0.3) is 0 Å². The van der Waals surface area contributed by atoms with Crippen molar-refractivity contribution >= 4 is 11.9 Å². The number of hydrogen-bond donors (Lipinski definition) is 0. The maximum Gasteiger partial charge on any atom is 0.349 e. The molecule has 4 nitrogen and oxygen atoms in total. The van der Waals surface area contributed by atoms with Gasteiger partial charge in [-0.1, -0.05) is 76.5 Å². The quantitative estimate of drug-likeness (QED) is 0.287. The molecule has 0 spiro atoms. The highest BCUT2D eigenvalue weighted by molar-refractivity contribution is 5.77. The maximum absolute atomic E-state index is 11.6. The zero-order valence-electron chi connectivity index (χ0n) is 14.8. The van der Waals surface area contributed by atoms with Crippen molar-refractivity contribution in [3.63, 3.8) is 0 Å². The molecule has 0 fully saturated rings. The molecule has 24 heavy (non-hydrogen) atoms. The fourth-order valence-electron chi connectivity index (χ4n) is 2.44. The Bertz CT molecular complexity index is 456. The van der Waals surface area contributed by atoms with Crippen LogP contribution in [0.1, 0.15) is 71.1 Å². The highest BCUT2D eigenvalue weighted by Crippen LogP contribution is 2.11. The lowest BCUT2D eigenvalue weighted by molar-refractivity contribution is -0.153. The average molecular weight is 334 g/mol. The highest BCUT2D eigenvalue weighted by atomic mass is 16.6. The van der Waals surface area contributed by atoms with Crippen LogP contribution < -0.4 is 4.74 Å². The van der Waals surface area contributed by atoms with Gasteiger partial charge in [0, 0.05) is 6.42 Å². The summed E-state index contributed by atoms with van der Waals surface area (Å²) in [6, 6.07) is 8.75. The molecule has 0 aliphatic carbocycles. The van der Waals surface area contributed by atoms with E-state index in [0.29, 0.717) is 12.2 Å². The Morgan fingerprint density at radius 3 is 2.00 bits per heavy atom. The van der Waals surface area contributed by atoms with E-state index in [0.717, 1.165) is 19.3 Å². The molecule has 134 valence electrons. The highest BCUT2D eigenvalue weighted by Gasteiger charge is 2.09. The fourth-order valence-corrected chi connectivity index (χ4v) is 2.44. The van der Waals surface area contributed by atoms with Crippen LogP contribution >= 0.6 is 0 Å². The molecule has 0 heterocycles. The summed E-state index contributed by atoms with van der Waals surface area (Å²) in [7, 11) is 0. The third-order valence-corrected chi connectivity index (χ3v) is 3.81. The monoisotopic (exact) mass is 334 g/mol. The van der Waals surface area contributed by atoms with Crippen LogP contribution in [0.15, 0.2) is 30.3 Å². The fraction of sp³-hybridized carbons (Fsp3) is 0.600. The Hall–Kier alpha value is -1.84. The third kappa shape index (κ3) is 10.8. The third-order valence-electron chi connectivity index (χ3n) is 3.81. The minimum Gasteiger partial charge on any atom is -0.454 e. The van der Waals surface area contributed by atoms with Crippen molar-refractivity contribution in [2.24, 2.45) is 0 Å². The smallest absolute Gasteiger partial charge is 0.349 e. The summed E-state index contributed by atoms with van der Waals surface area (Å²) in [5.74, 6) is -0.429. The standard InChI is InChI=1S/C20H30O4/c1-2-3-4-5-6-7-8-9-13-16-19(21)23-17-20(22)24-18-14-11-10-12-15-18/h10-12,14-15H,2-9,13,16-17H2,1H3. The molecule has 1 aromatic rings. The number of benzene rings is 1. The number of esters is 2. The van der Waals surface area contributed by atoms with E-state index in [9.17, 15) is 9.59 Å². The largest absolute Gasteiger partial charge is 0.454 e. The first kappa shape index (κ1) is 20.2. The molecule has 0 aromatic heterocycles. The van der Waals surface area contributed by atoms with Gasteiger partial charge < -0.3 is 9.47 Å². The number of para-hydroxylation sites is 1. The lowest BCUT2D eigenvalue weighted by atomic mass is 10.1. The summed E-state index contributed by atoms with van der Waals surface area (Å²) in [6.07, 6.45) is 11.2. The molecule has 0 bridgehead atoms. The van der Waals surface area contributed by atoms with Crippen LogP contribution in [0.4, 0.5) is 0 Å². The molecule has 0 saturated heterocycles. The average Bonchev–Trinajstić information content (AvgIpc) is 2.59. The number of hydrogen-bond acceptors (Lipinski definition) is 4. The Kier molecular flexibility index (Phi) is 11.4. The Morgan fingerprint density at radius 2 is 1.38 bits per heavy atom. The minimum absolute atomic E-state index is 0.328. The van der Waals surface area contributed by atoms with Crippen LogP contribution in [0.3, 0.4) is 0 Å². The van der Waals surface area contributed by atoms with E-state index in [2.05, 4.69) is 6.92 Å². The molecule has 0 amide bonds. The van der Waals surface area contributed by atoms with Gasteiger partial charge in [-0.05, 0) is 18.6 Å². The predicted molar refractivity (Wildman–Crippen MR) is 94.9 cm³/mol. The molecule has 0 radical (unpaired) electrons. The first-order chi connectivity index (χ1) is 11.7. The molecular formula is C20H30O4. The molecule has 1 aromatic carbocycles. The SMILES string of the molecule is CCCCCCCCCCCC(=O)OCC(=O)Oc1ccccc1. The zero-order chi connectivity index (χ0) is 17.5. The van der Waals surface area contributed by atoms with E-state index in [4.69, 9.17) is 9.47 Å². The van der Waals surface area contributed by atoms with E-state index < -0.39 is 5.97 Å². The van der Waals surface area contributed by atoms with Crippen LogP contribution in [0.2, 0.25) is 0 Å². The van der Waals surface area contributed by atoms with E-state index in [-0.39, 0.29) is 12.6 Å². The van der Waals surface area contributed by atoms with Crippen LogP contribution in [-0.2, 0) is 14.3 Å². The molecule has 0 N–H and O–H groups in total. The van der Waals surface area contributed by atoms with Gasteiger partial charge in [0.15, 0.2) is 6.61 Å². The second kappa shape index (κ2) is 13.6. The van der Waals surface area contributed by atoms with E-state index in [1.165, 1.54) is 38.5 Å². The van der Waals surface area contributed by atoms with Crippen molar-refractivity contribution in [3.8, 4) is 5.75 Å². The van der Waals surface area contributed by atoms with Gasteiger partial charge in [-0.15, -0.1) is 0 Å². The summed E-state index contributed by atoms with van der Waals surface area (Å²) in [4.78, 5) is 23.1. The zero-order valence-corrected chi connectivity index (χ0v) is 14.8. The van der Waals surface area contributed by atoms with Crippen molar-refractivity contribution in [1.29, 1.82) is 0 Å². The summed E-state index contributed by atoms with van der Waals surface area (Å²) in [5, 5.41) is 0. The Balaban J connectivity index is 1.95. The summed E-state index contributed by atoms with van der Waals surface area (Å²) < 4.78 is 9.98. The van der Waals surface area contributed by atoms with Crippen LogP contribution in [0.25, 0.3) is 0 Å². The van der Waals surface area contributed by atoms with Crippen molar-refractivity contribution < 1.29 is 19.1 Å². The predicted octanol–water partition coefficient (Wildman–Crippen LogP) is 5.06. The molecule has 4 heteroatoms. The van der Waals surface area contributed by atoms with Crippen molar-refractivity contribution in [2.75, 3.05) is 6.61 Å². The summed E-state index contributed by atoms with van der Waals surface area (Å²) in [6.45, 7) is 1.89. The Labute approximate surface area is 145 Å². The molecule has 1 rings (SSSR count). The van der Waals surface area contributed by atoms with Gasteiger partial charge >= 0.3 is 11.9 Å². The van der Waals surface area contributed by atoms with Gasteiger partial charge in [-0.3, -0.25) is 4.79 Å². The number of carbonyl (C=O) groups excluding carboxylic acids is 2. The van der Waals surface area contributed by atoms with Crippen molar-refractivity contribution in [3.05, 3.63) is 30.3 Å². The lowest BCUT2D eigenvalue weighted by Crippen LogP contribution is -2.18. The minimum atomic E-state index is -0.554. The second-order valence-electron chi connectivity index (χ2n) is 6.03. The van der Waals surface area contributed by atoms with Crippen LogP contribution in [-0.4, -0.2) is 18.5 Å². The maximum atomic E-state index is 11.6. The topological polar surface area (TPSA) is 52.6 Å². The number of ether oxygens (including phenoxy) is 2. The van der Waals surface area contributed by atoms with Crippen molar-refractivity contribution in [1.82, 2.24) is 0 Å². The lowest BCUT2D eigenvalue weighted by Gasteiger charge is -2.06. The van der Waals surface area contributed by atoms with E-state index >= 15 is 0 Å². The van der Waals surface area contributed by atoms with E-state index in [1.807, 2.05) is 6.07 Å². The van der Waals surface area contributed by atoms with Crippen molar-refractivity contribution in [2.45, 2.75) is 71.1 Å². The van der Waals surface area contributed by atoms with Crippen LogP contribution in [0, 0.1) is 0 Å². The first-order valence-electron chi connectivity index (χ1n) is 9.13. The summed E-state index contributed by atoms with van der Waals surface area (Å²) >= 11 is 0. The molecular weight excluding hydrogens is 304 g/mol. The molecule has 0 saturated carbocycles. The van der Waals surface area contributed by atoms with Gasteiger partial charge in [0.1, 0.15) is 5.75 Å². The van der Waals surface area contributed by atoms with Gasteiger partial charge in [0.2, 0.25) is 0 Å². The number of carbonyl (C=O) groups is 2. The second-order valence-corrected chi connectivity index (χ2v) is 6.03. The van der Waals surface area contributed by atoms with Crippen LogP contribution in [0.5, 0.6) is 5.75 Å². The Morgan fingerprint density at radius 1 is 0.792 bits per heavy atom. The molecule has 0 unspecified atom stereocenters. The van der Waals surface area contributed by atoms with Gasteiger partial charge in [-0.2, -0.15) is 0 Å². The van der Waals surface area contributed by atoms with E-state index in [1.54, 1.807) is 24.3 Å². The first-order valence-corrected chi connectivity index (χ1v) is 9.13. The molecule has 0 atom stereocenters. The number of unbranched alkanes of at least 4 members (excludes halogenated alkanes) is 8. The van der Waals surface area contributed by atoms with Gasteiger partial charge in [0.05, 0.1) is 0 Å².